The summed E-state index contributed by atoms with van der Waals surface area (Å²) >= 11 is 7.03. The summed E-state index contributed by atoms with van der Waals surface area (Å²) in [7, 11) is 0. The van der Waals surface area contributed by atoms with E-state index in [0.29, 0.717) is 32.7 Å². The van der Waals surface area contributed by atoms with Gasteiger partial charge in [-0.2, -0.15) is 0 Å². The maximum absolute atomic E-state index is 13.7. The van der Waals surface area contributed by atoms with Crippen LogP contribution in [0.2, 0.25) is 0 Å². The highest BCUT2D eigenvalue weighted by atomic mass is 35.5. The second-order valence-corrected chi connectivity index (χ2v) is 5.57. The predicted molar refractivity (Wildman–Crippen MR) is 79.9 cm³/mol. The van der Waals surface area contributed by atoms with Gasteiger partial charge in [-0.1, -0.05) is 12.1 Å². The molecule has 2 aromatic heterocycles. The molecule has 0 unspecified atom stereocenters. The Labute approximate surface area is 123 Å². The lowest BCUT2D eigenvalue weighted by Crippen LogP contribution is -2.10. The summed E-state index contributed by atoms with van der Waals surface area (Å²) in [6.07, 6.45) is 0. The van der Waals surface area contributed by atoms with Crippen molar-refractivity contribution in [3.63, 3.8) is 0 Å². The van der Waals surface area contributed by atoms with Gasteiger partial charge in [0.1, 0.15) is 16.5 Å². The van der Waals surface area contributed by atoms with Crippen molar-refractivity contribution >= 4 is 33.2 Å². The summed E-state index contributed by atoms with van der Waals surface area (Å²) in [4.78, 5) is 19.7. The van der Waals surface area contributed by atoms with Gasteiger partial charge in [0.25, 0.3) is 5.56 Å². The van der Waals surface area contributed by atoms with Crippen LogP contribution < -0.4 is 5.56 Å². The monoisotopic (exact) mass is 308 g/mol. The summed E-state index contributed by atoms with van der Waals surface area (Å²) in [6, 6.07) is 4.93. The molecule has 0 aliphatic carbocycles. The summed E-state index contributed by atoms with van der Waals surface area (Å²) in [5.41, 5.74) is 1.69. The minimum Gasteiger partial charge on any atom is -0.309 e. The molecule has 3 aromatic rings. The lowest BCUT2D eigenvalue weighted by atomic mass is 10.0. The molecule has 0 aliphatic rings. The van der Waals surface area contributed by atoms with Crippen LogP contribution >= 0.6 is 22.9 Å². The number of fused-ring (bicyclic) bond motifs is 1. The first-order valence-electron chi connectivity index (χ1n) is 5.93. The molecular weight excluding hydrogens is 299 g/mol. The van der Waals surface area contributed by atoms with Crippen molar-refractivity contribution in [3.8, 4) is 11.1 Å². The number of nitrogens with zero attached hydrogens (tertiary/aromatic N) is 1. The highest BCUT2D eigenvalue weighted by Gasteiger charge is 2.13. The number of benzene rings is 1. The molecule has 102 valence electrons. The maximum Gasteiger partial charge on any atom is 0.260 e. The molecule has 0 fully saturated rings. The zero-order chi connectivity index (χ0) is 14.3. The Morgan fingerprint density at radius 2 is 2.25 bits per heavy atom. The van der Waals surface area contributed by atoms with Gasteiger partial charge in [-0.25, -0.2) is 9.37 Å². The topological polar surface area (TPSA) is 45.8 Å². The van der Waals surface area contributed by atoms with Crippen LogP contribution in [0.1, 0.15) is 11.4 Å². The lowest BCUT2D eigenvalue weighted by molar-refractivity contribution is 0.619. The Balaban J connectivity index is 2.27. The number of thiophene rings is 1. The van der Waals surface area contributed by atoms with E-state index in [1.807, 2.05) is 5.38 Å². The Bertz CT molecular complexity index is 856. The van der Waals surface area contributed by atoms with Crippen molar-refractivity contribution in [3.05, 3.63) is 51.1 Å². The van der Waals surface area contributed by atoms with Gasteiger partial charge < -0.3 is 4.98 Å². The summed E-state index contributed by atoms with van der Waals surface area (Å²) < 4.78 is 13.7. The lowest BCUT2D eigenvalue weighted by Gasteiger charge is -2.02. The van der Waals surface area contributed by atoms with Gasteiger partial charge in [0.15, 0.2) is 0 Å². The zero-order valence-electron chi connectivity index (χ0n) is 10.5. The second kappa shape index (κ2) is 5.00. The average Bonchev–Trinajstić information content (AvgIpc) is 2.86. The Morgan fingerprint density at radius 3 is 2.95 bits per heavy atom. The van der Waals surface area contributed by atoms with E-state index in [1.165, 1.54) is 17.4 Å². The highest BCUT2D eigenvalue weighted by Crippen LogP contribution is 2.31. The van der Waals surface area contributed by atoms with E-state index in [0.717, 1.165) is 0 Å². The second-order valence-electron chi connectivity index (χ2n) is 4.44. The van der Waals surface area contributed by atoms with E-state index in [-0.39, 0.29) is 17.3 Å². The smallest absolute Gasteiger partial charge is 0.260 e. The van der Waals surface area contributed by atoms with Gasteiger partial charge in [-0.05, 0) is 24.1 Å². The van der Waals surface area contributed by atoms with E-state index in [4.69, 9.17) is 11.6 Å². The van der Waals surface area contributed by atoms with Gasteiger partial charge >= 0.3 is 0 Å². The van der Waals surface area contributed by atoms with Crippen LogP contribution in [-0.4, -0.2) is 9.97 Å². The number of H-pyrrole nitrogens is 1. The minimum atomic E-state index is -0.288. The fraction of sp³-hybridized carbons (Fsp3) is 0.143. The molecule has 0 saturated carbocycles. The third-order valence-corrected chi connectivity index (χ3v) is 4.23. The van der Waals surface area contributed by atoms with E-state index < -0.39 is 0 Å². The molecule has 0 spiro atoms. The largest absolute Gasteiger partial charge is 0.309 e. The average molecular weight is 309 g/mol. The third kappa shape index (κ3) is 2.13. The Hall–Kier alpha value is -1.72. The first-order chi connectivity index (χ1) is 9.60. The van der Waals surface area contributed by atoms with Crippen molar-refractivity contribution in [1.82, 2.24) is 9.97 Å². The quantitative estimate of drug-likeness (QED) is 0.731. The number of aromatic amines is 1. The van der Waals surface area contributed by atoms with E-state index in [9.17, 15) is 9.18 Å². The SMILES string of the molecule is Cc1ccc(-c2csc3nc(CCl)[nH]c(=O)c23)cc1F. The van der Waals surface area contributed by atoms with E-state index in [2.05, 4.69) is 9.97 Å². The minimum absolute atomic E-state index is 0.150. The van der Waals surface area contributed by atoms with Crippen molar-refractivity contribution in [1.29, 1.82) is 0 Å². The molecule has 3 nitrogen and oxygen atoms in total. The van der Waals surface area contributed by atoms with Crippen LogP contribution in [0, 0.1) is 12.7 Å². The maximum atomic E-state index is 13.7. The number of alkyl halides is 1. The molecule has 0 atom stereocenters. The molecule has 0 saturated heterocycles. The summed E-state index contributed by atoms with van der Waals surface area (Å²) in [5, 5.41) is 2.29. The molecule has 20 heavy (non-hydrogen) atoms. The number of hydrogen-bond donors (Lipinski definition) is 1. The first-order valence-corrected chi connectivity index (χ1v) is 7.34. The highest BCUT2D eigenvalue weighted by molar-refractivity contribution is 7.17. The van der Waals surface area contributed by atoms with Crippen molar-refractivity contribution in [2.24, 2.45) is 0 Å². The Morgan fingerprint density at radius 1 is 1.45 bits per heavy atom. The van der Waals surface area contributed by atoms with E-state index in [1.54, 1.807) is 19.1 Å². The fourth-order valence-electron chi connectivity index (χ4n) is 2.03. The molecule has 6 heteroatoms. The van der Waals surface area contributed by atoms with Crippen LogP contribution in [0.4, 0.5) is 4.39 Å². The number of aromatic nitrogens is 2. The van der Waals surface area contributed by atoms with Crippen molar-refractivity contribution in [2.45, 2.75) is 12.8 Å². The molecule has 0 radical (unpaired) electrons. The number of rotatable bonds is 2. The molecule has 2 heterocycles. The van der Waals surface area contributed by atoms with Crippen LogP contribution in [-0.2, 0) is 5.88 Å². The summed E-state index contributed by atoms with van der Waals surface area (Å²) in [5.74, 6) is 0.300. The van der Waals surface area contributed by atoms with Crippen LogP contribution in [0.3, 0.4) is 0 Å². The van der Waals surface area contributed by atoms with Crippen LogP contribution in [0.5, 0.6) is 0 Å². The molecule has 0 bridgehead atoms. The predicted octanol–water partition coefficient (Wildman–Crippen LogP) is 3.84. The first kappa shape index (κ1) is 13.3. The van der Waals surface area contributed by atoms with Gasteiger partial charge in [0.2, 0.25) is 0 Å². The van der Waals surface area contributed by atoms with Gasteiger partial charge in [0, 0.05) is 10.9 Å². The van der Waals surface area contributed by atoms with Crippen LogP contribution in [0.15, 0.2) is 28.4 Å². The standard InChI is InChI=1S/C14H10ClFN2OS/c1-7-2-3-8(4-10(7)16)9-6-20-14-12(9)13(19)17-11(5-15)18-14/h2-4,6H,5H2,1H3,(H,17,18,19). The summed E-state index contributed by atoms with van der Waals surface area (Å²) in [6.45, 7) is 1.70. The molecule has 0 aliphatic heterocycles. The fourth-order valence-corrected chi connectivity index (χ4v) is 3.12. The number of aryl methyl sites for hydroxylation is 1. The molecular formula is C14H10ClFN2OS. The zero-order valence-corrected chi connectivity index (χ0v) is 12.1. The van der Waals surface area contributed by atoms with Gasteiger partial charge in [-0.3, -0.25) is 4.79 Å². The third-order valence-electron chi connectivity index (χ3n) is 3.10. The van der Waals surface area contributed by atoms with Gasteiger partial charge in [-0.15, -0.1) is 22.9 Å². The molecule has 1 aromatic carbocycles. The Kier molecular flexibility index (Phi) is 3.31. The molecule has 0 amide bonds. The van der Waals surface area contributed by atoms with Crippen molar-refractivity contribution < 1.29 is 4.39 Å². The number of hydrogen-bond acceptors (Lipinski definition) is 3. The van der Waals surface area contributed by atoms with E-state index >= 15 is 0 Å². The molecule has 1 N–H and O–H groups in total. The molecule has 3 rings (SSSR count). The van der Waals surface area contributed by atoms with Crippen LogP contribution in [0.25, 0.3) is 21.3 Å². The normalized spacial score (nSPS) is 11.2. The van der Waals surface area contributed by atoms with Gasteiger partial charge in [0.05, 0.1) is 11.3 Å². The number of nitrogens with one attached hydrogen (secondary N) is 1. The van der Waals surface area contributed by atoms with Crippen molar-refractivity contribution in [2.75, 3.05) is 0 Å². The number of halogens is 2.